The molecule has 2 heterocycles. The molecular weight excluding hydrogens is 330 g/mol. The Morgan fingerprint density at radius 2 is 2.14 bits per heavy atom. The van der Waals surface area contributed by atoms with Crippen LogP contribution in [0.2, 0.25) is 0 Å². The minimum absolute atomic E-state index is 0.163. The molecule has 0 bridgehead atoms. The van der Waals surface area contributed by atoms with Crippen LogP contribution in [0.25, 0.3) is 11.4 Å². The topological polar surface area (TPSA) is 70.8 Å². The molecule has 6 heteroatoms. The number of hydrogen-bond donors (Lipinski definition) is 2. The van der Waals surface area contributed by atoms with Gasteiger partial charge in [-0.15, -0.1) is 5.10 Å². The molecule has 0 saturated carbocycles. The van der Waals surface area contributed by atoms with Gasteiger partial charge in [0, 0.05) is 23.1 Å². The molecule has 1 aromatic heterocycles. The van der Waals surface area contributed by atoms with Crippen LogP contribution in [0.4, 0.5) is 5.95 Å². The summed E-state index contributed by atoms with van der Waals surface area (Å²) in [6.07, 6.45) is 2.31. The first-order valence-corrected chi connectivity index (χ1v) is 8.02. The lowest BCUT2D eigenvalue weighted by molar-refractivity contribution is 0.270. The fourth-order valence-electron chi connectivity index (χ4n) is 2.78. The zero-order chi connectivity index (χ0) is 14.9. The van der Waals surface area contributed by atoms with Crippen LogP contribution in [-0.4, -0.2) is 34.8 Å². The zero-order valence-corrected chi connectivity index (χ0v) is 13.7. The predicted molar refractivity (Wildman–Crippen MR) is 88.1 cm³/mol. The molecule has 0 amide bonds. The minimum atomic E-state index is 0.163. The number of hydrogen-bond acceptors (Lipinski definition) is 4. The molecule has 0 radical (unpaired) electrons. The minimum Gasteiger partial charge on any atom is -0.339 e. The normalized spacial score (nSPS) is 22.5. The standard InChI is InChI=1S/C15H20BrN5/c1-15(9-17)7-2-8-21(10-15)14-18-13(19-20-14)11-3-5-12(16)6-4-11/h3-6H,2,7-10,17H2,1H3,(H,18,19,20). The lowest BCUT2D eigenvalue weighted by Crippen LogP contribution is -2.46. The summed E-state index contributed by atoms with van der Waals surface area (Å²) in [6, 6.07) is 8.05. The lowest BCUT2D eigenvalue weighted by atomic mass is 9.82. The number of benzene rings is 1. The van der Waals surface area contributed by atoms with Gasteiger partial charge in [0.1, 0.15) is 0 Å². The van der Waals surface area contributed by atoms with E-state index in [1.165, 1.54) is 6.42 Å². The van der Waals surface area contributed by atoms with Crippen LogP contribution in [-0.2, 0) is 0 Å². The molecule has 1 atom stereocenters. The number of rotatable bonds is 3. The van der Waals surface area contributed by atoms with Gasteiger partial charge in [-0.25, -0.2) is 0 Å². The van der Waals surface area contributed by atoms with Crippen molar-refractivity contribution in [3.63, 3.8) is 0 Å². The second-order valence-electron chi connectivity index (χ2n) is 6.03. The van der Waals surface area contributed by atoms with Crippen molar-refractivity contribution in [2.45, 2.75) is 19.8 Å². The molecule has 1 aromatic carbocycles. The maximum absolute atomic E-state index is 5.91. The van der Waals surface area contributed by atoms with Gasteiger partial charge in [0.05, 0.1) is 0 Å². The molecule has 2 aromatic rings. The van der Waals surface area contributed by atoms with E-state index in [-0.39, 0.29) is 5.41 Å². The number of aromatic nitrogens is 3. The van der Waals surface area contributed by atoms with Gasteiger partial charge in [-0.05, 0) is 36.9 Å². The van der Waals surface area contributed by atoms with Crippen molar-refractivity contribution in [1.29, 1.82) is 0 Å². The third kappa shape index (κ3) is 3.11. The first kappa shape index (κ1) is 14.5. The van der Waals surface area contributed by atoms with Crippen molar-refractivity contribution in [2.24, 2.45) is 11.1 Å². The van der Waals surface area contributed by atoms with Gasteiger partial charge in [0.25, 0.3) is 0 Å². The smallest absolute Gasteiger partial charge is 0.245 e. The fourth-order valence-corrected chi connectivity index (χ4v) is 3.05. The molecule has 1 saturated heterocycles. The molecule has 5 nitrogen and oxygen atoms in total. The van der Waals surface area contributed by atoms with E-state index in [1.54, 1.807) is 0 Å². The van der Waals surface area contributed by atoms with E-state index in [0.29, 0.717) is 6.54 Å². The van der Waals surface area contributed by atoms with E-state index >= 15 is 0 Å². The Morgan fingerprint density at radius 1 is 1.38 bits per heavy atom. The van der Waals surface area contributed by atoms with Gasteiger partial charge in [0.2, 0.25) is 5.95 Å². The third-order valence-corrected chi connectivity index (χ3v) is 4.68. The van der Waals surface area contributed by atoms with E-state index in [2.05, 4.69) is 42.9 Å². The number of H-pyrrole nitrogens is 1. The largest absolute Gasteiger partial charge is 0.339 e. The molecule has 21 heavy (non-hydrogen) atoms. The second-order valence-corrected chi connectivity index (χ2v) is 6.95. The zero-order valence-electron chi connectivity index (χ0n) is 12.1. The van der Waals surface area contributed by atoms with Gasteiger partial charge in [0.15, 0.2) is 5.82 Å². The van der Waals surface area contributed by atoms with E-state index in [4.69, 9.17) is 5.73 Å². The van der Waals surface area contributed by atoms with Crippen LogP contribution in [0.15, 0.2) is 28.7 Å². The van der Waals surface area contributed by atoms with Crippen molar-refractivity contribution in [3.05, 3.63) is 28.7 Å². The first-order chi connectivity index (χ1) is 10.1. The summed E-state index contributed by atoms with van der Waals surface area (Å²) in [5, 5.41) is 7.41. The molecule has 1 fully saturated rings. The highest BCUT2D eigenvalue weighted by molar-refractivity contribution is 9.10. The van der Waals surface area contributed by atoms with Gasteiger partial charge in [-0.2, -0.15) is 4.98 Å². The molecule has 0 aliphatic carbocycles. The van der Waals surface area contributed by atoms with Crippen LogP contribution in [0.5, 0.6) is 0 Å². The quantitative estimate of drug-likeness (QED) is 0.893. The van der Waals surface area contributed by atoms with Gasteiger partial charge in [-0.1, -0.05) is 35.0 Å². The number of aromatic amines is 1. The number of nitrogens with two attached hydrogens (primary N) is 1. The molecule has 1 aliphatic rings. The summed E-state index contributed by atoms with van der Waals surface area (Å²) < 4.78 is 1.06. The van der Waals surface area contributed by atoms with E-state index in [1.807, 2.05) is 24.3 Å². The maximum atomic E-state index is 5.91. The van der Waals surface area contributed by atoms with Crippen LogP contribution in [0.3, 0.4) is 0 Å². The average molecular weight is 350 g/mol. The molecule has 1 aliphatic heterocycles. The number of halogens is 1. The van der Waals surface area contributed by atoms with Gasteiger partial charge < -0.3 is 10.6 Å². The summed E-state index contributed by atoms with van der Waals surface area (Å²) in [5.41, 5.74) is 7.11. The third-order valence-electron chi connectivity index (χ3n) is 4.15. The molecule has 0 spiro atoms. The summed E-state index contributed by atoms with van der Waals surface area (Å²) in [7, 11) is 0. The Balaban J connectivity index is 1.80. The Hall–Kier alpha value is -1.40. The highest BCUT2D eigenvalue weighted by atomic mass is 79.9. The molecule has 3 N–H and O–H groups in total. The number of anilines is 1. The van der Waals surface area contributed by atoms with Crippen molar-refractivity contribution in [3.8, 4) is 11.4 Å². The summed E-state index contributed by atoms with van der Waals surface area (Å²) in [4.78, 5) is 6.87. The highest BCUT2D eigenvalue weighted by Crippen LogP contribution is 2.30. The Bertz CT molecular complexity index is 609. The SMILES string of the molecule is CC1(CN)CCCN(c2n[nH]c(-c3ccc(Br)cc3)n2)C1. The van der Waals surface area contributed by atoms with Crippen LogP contribution in [0.1, 0.15) is 19.8 Å². The van der Waals surface area contributed by atoms with Crippen molar-refractivity contribution in [2.75, 3.05) is 24.5 Å². The van der Waals surface area contributed by atoms with E-state index in [0.717, 1.165) is 41.3 Å². The lowest BCUT2D eigenvalue weighted by Gasteiger charge is -2.39. The van der Waals surface area contributed by atoms with E-state index in [9.17, 15) is 0 Å². The van der Waals surface area contributed by atoms with Crippen molar-refractivity contribution >= 4 is 21.9 Å². The van der Waals surface area contributed by atoms with Crippen molar-refractivity contribution < 1.29 is 0 Å². The van der Waals surface area contributed by atoms with Gasteiger partial charge >= 0.3 is 0 Å². The van der Waals surface area contributed by atoms with E-state index < -0.39 is 0 Å². The Labute approximate surface area is 133 Å². The van der Waals surface area contributed by atoms with Gasteiger partial charge in [-0.3, -0.25) is 5.10 Å². The first-order valence-electron chi connectivity index (χ1n) is 7.23. The van der Waals surface area contributed by atoms with Crippen LogP contribution >= 0.6 is 15.9 Å². The average Bonchev–Trinajstić information content (AvgIpc) is 2.98. The summed E-state index contributed by atoms with van der Waals surface area (Å²) >= 11 is 3.44. The number of nitrogens with one attached hydrogen (secondary N) is 1. The predicted octanol–water partition coefficient (Wildman–Crippen LogP) is 2.80. The number of nitrogens with zero attached hydrogens (tertiary/aromatic N) is 3. The molecular formula is C15H20BrN5. The Morgan fingerprint density at radius 3 is 2.86 bits per heavy atom. The molecule has 3 rings (SSSR count). The maximum Gasteiger partial charge on any atom is 0.245 e. The fraction of sp³-hybridized carbons (Fsp3) is 0.467. The monoisotopic (exact) mass is 349 g/mol. The second kappa shape index (κ2) is 5.77. The summed E-state index contributed by atoms with van der Waals surface area (Å²) in [6.45, 7) is 4.85. The Kier molecular flexibility index (Phi) is 3.99. The van der Waals surface area contributed by atoms with Crippen LogP contribution in [0, 0.1) is 5.41 Å². The van der Waals surface area contributed by atoms with Crippen LogP contribution < -0.4 is 10.6 Å². The number of piperidine rings is 1. The van der Waals surface area contributed by atoms with Crippen molar-refractivity contribution in [1.82, 2.24) is 15.2 Å². The summed E-state index contributed by atoms with van der Waals surface area (Å²) in [5.74, 6) is 1.57. The molecule has 1 unspecified atom stereocenters. The molecule has 112 valence electrons. The highest BCUT2D eigenvalue weighted by Gasteiger charge is 2.31.